The highest BCUT2D eigenvalue weighted by atomic mass is 16.6. The number of carbonyl (C=O) groups is 2. The number of β-amino-alcohol motifs (C(OH)–C–C–N with tert-alkyl or cyclic N) is 2. The number of aliphatic hydroxyl groups is 2. The van der Waals surface area contributed by atoms with Crippen LogP contribution in [-0.2, 0) is 20.9 Å². The lowest BCUT2D eigenvalue weighted by Crippen LogP contribution is -2.51. The van der Waals surface area contributed by atoms with Gasteiger partial charge in [0.05, 0.1) is 30.6 Å². The Bertz CT molecular complexity index is 1220. The molecule has 2 aromatic carbocycles. The van der Waals surface area contributed by atoms with E-state index in [0.29, 0.717) is 18.7 Å². The Labute approximate surface area is 214 Å². The molecule has 2 aliphatic heterocycles. The van der Waals surface area contributed by atoms with Crippen LogP contribution >= 0.6 is 0 Å². The van der Waals surface area contributed by atoms with Crippen LogP contribution in [0.25, 0.3) is 0 Å². The molecule has 0 aromatic heterocycles. The fraction of sp³-hybridized carbons (Fsp3) is 0.462. The second kappa shape index (κ2) is 9.40. The van der Waals surface area contributed by atoms with Crippen molar-refractivity contribution >= 4 is 23.4 Å². The zero-order valence-corrected chi connectivity index (χ0v) is 21.5. The van der Waals surface area contributed by atoms with Crippen LogP contribution in [-0.4, -0.2) is 59.7 Å². The topological polar surface area (TPSA) is 150 Å². The minimum Gasteiger partial charge on any atom is -0.508 e. The summed E-state index contributed by atoms with van der Waals surface area (Å²) in [7, 11) is 1.58. The number of methoxy groups -OCH3 is 1. The number of nitrogens with zero attached hydrogens (tertiary/aromatic N) is 1. The molecule has 200 valence electrons. The maximum Gasteiger partial charge on any atom is 0.415 e. The third-order valence-corrected chi connectivity index (χ3v) is 6.61. The van der Waals surface area contributed by atoms with E-state index in [1.807, 2.05) is 39.8 Å². The highest BCUT2D eigenvalue weighted by Gasteiger charge is 2.40. The van der Waals surface area contributed by atoms with Gasteiger partial charge < -0.3 is 40.2 Å². The van der Waals surface area contributed by atoms with Crippen molar-refractivity contribution in [1.82, 2.24) is 5.32 Å². The largest absolute Gasteiger partial charge is 0.508 e. The Kier molecular flexibility index (Phi) is 6.74. The minimum absolute atomic E-state index is 0.0766. The molecule has 0 fully saturated rings. The van der Waals surface area contributed by atoms with Gasteiger partial charge in [-0.05, 0) is 58.4 Å². The molecule has 2 aromatic rings. The summed E-state index contributed by atoms with van der Waals surface area (Å²) in [6.07, 6.45) is -0.0304. The Morgan fingerprint density at radius 2 is 1.92 bits per heavy atom. The van der Waals surface area contributed by atoms with Gasteiger partial charge in [-0.25, -0.2) is 4.79 Å². The number of phenols is 1. The lowest BCUT2D eigenvalue weighted by atomic mass is 9.93. The smallest absolute Gasteiger partial charge is 0.415 e. The lowest BCUT2D eigenvalue weighted by molar-refractivity contribution is -0.169. The quantitative estimate of drug-likeness (QED) is 0.334. The molecule has 2 heterocycles. The van der Waals surface area contributed by atoms with E-state index in [-0.39, 0.29) is 35.9 Å². The zero-order chi connectivity index (χ0) is 27.2. The van der Waals surface area contributed by atoms with Crippen molar-refractivity contribution in [3.05, 3.63) is 41.5 Å². The number of hydrogen-bond acceptors (Lipinski definition) is 9. The van der Waals surface area contributed by atoms with Gasteiger partial charge in [-0.3, -0.25) is 9.69 Å². The van der Waals surface area contributed by atoms with Crippen LogP contribution in [0.15, 0.2) is 30.3 Å². The van der Waals surface area contributed by atoms with Crippen LogP contribution in [0.3, 0.4) is 0 Å². The molecule has 0 atom stereocenters. The first-order chi connectivity index (χ1) is 17.2. The summed E-state index contributed by atoms with van der Waals surface area (Å²) in [4.78, 5) is 26.0. The van der Waals surface area contributed by atoms with Gasteiger partial charge in [-0.2, -0.15) is 0 Å². The average molecular weight is 516 g/mol. The molecule has 2 amide bonds. The molecule has 0 aliphatic carbocycles. The van der Waals surface area contributed by atoms with Crippen molar-refractivity contribution in [2.24, 2.45) is 0 Å². The number of fused-ring (bicyclic) bond motifs is 2. The number of hydrogen-bond donors (Lipinski definition) is 5. The monoisotopic (exact) mass is 515 g/mol. The van der Waals surface area contributed by atoms with Crippen LogP contribution < -0.4 is 25.0 Å². The molecular formula is C26H33N3O8. The van der Waals surface area contributed by atoms with E-state index in [1.54, 1.807) is 18.1 Å². The lowest BCUT2D eigenvalue weighted by Gasteiger charge is -2.40. The first-order valence-corrected chi connectivity index (χ1v) is 11.9. The molecule has 37 heavy (non-hydrogen) atoms. The molecule has 0 saturated heterocycles. The molecule has 0 saturated carbocycles. The van der Waals surface area contributed by atoms with Crippen LogP contribution in [0.4, 0.5) is 16.2 Å². The molecule has 2 aliphatic rings. The second-order valence-corrected chi connectivity index (χ2v) is 10.4. The molecule has 0 radical (unpaired) electrons. The fourth-order valence-electron chi connectivity index (χ4n) is 4.42. The molecule has 4 rings (SSSR count). The van der Waals surface area contributed by atoms with Crippen LogP contribution in [0, 0.1) is 0 Å². The van der Waals surface area contributed by atoms with Crippen molar-refractivity contribution < 1.29 is 39.1 Å². The van der Waals surface area contributed by atoms with E-state index >= 15 is 0 Å². The maximum atomic E-state index is 12.8. The maximum absolute atomic E-state index is 12.8. The summed E-state index contributed by atoms with van der Waals surface area (Å²) in [5.74, 6) is -2.36. The predicted octanol–water partition coefficient (Wildman–Crippen LogP) is 2.52. The normalized spacial score (nSPS) is 16.8. The predicted molar refractivity (Wildman–Crippen MR) is 135 cm³/mol. The van der Waals surface area contributed by atoms with Crippen LogP contribution in [0.5, 0.6) is 17.2 Å². The highest BCUT2D eigenvalue weighted by Crippen LogP contribution is 2.42. The summed E-state index contributed by atoms with van der Waals surface area (Å²) in [6, 6.07) is 7.92. The summed E-state index contributed by atoms with van der Waals surface area (Å²) in [5.41, 5.74) is 0.142. The van der Waals surface area contributed by atoms with Crippen molar-refractivity contribution in [3.8, 4) is 17.2 Å². The van der Waals surface area contributed by atoms with Crippen molar-refractivity contribution in [1.29, 1.82) is 0 Å². The number of ether oxygens (including phenoxy) is 3. The van der Waals surface area contributed by atoms with Gasteiger partial charge in [0.1, 0.15) is 17.1 Å². The van der Waals surface area contributed by atoms with Crippen LogP contribution in [0.2, 0.25) is 0 Å². The third kappa shape index (κ3) is 5.43. The number of amides is 2. The molecule has 11 nitrogen and oxygen atoms in total. The van der Waals surface area contributed by atoms with E-state index < -0.39 is 28.9 Å². The highest BCUT2D eigenvalue weighted by molar-refractivity contribution is 5.96. The van der Waals surface area contributed by atoms with E-state index in [0.717, 1.165) is 11.3 Å². The van der Waals surface area contributed by atoms with E-state index in [1.165, 1.54) is 12.1 Å². The molecule has 11 heteroatoms. The summed E-state index contributed by atoms with van der Waals surface area (Å²) in [5, 5.41) is 37.5. The third-order valence-electron chi connectivity index (χ3n) is 6.61. The Morgan fingerprint density at radius 3 is 2.62 bits per heavy atom. The second-order valence-electron chi connectivity index (χ2n) is 10.4. The standard InChI is InChI=1S/C26H33N3O8/c1-24(2,8-9-29-20-7-6-16(35-5)12-17(20)25(3,4)37-23(29)32)27-14-26(33,34)18-10-15(30)11-19-22(18)36-13-21(31)28-19/h6-7,10-12,27,30,33-34H,8-9,13-14H2,1-5H3,(H,28,31). The number of nitrogens with one attached hydrogen (secondary N) is 2. The SMILES string of the molecule is COc1ccc2c(c1)C(C)(C)OC(=O)N2CCC(C)(C)NCC(O)(O)c1cc(O)cc2c1OCC(=O)N2. The van der Waals surface area contributed by atoms with Crippen molar-refractivity contribution in [2.45, 2.75) is 51.0 Å². The summed E-state index contributed by atoms with van der Waals surface area (Å²) in [6.45, 7) is 7.08. The number of cyclic esters (lactones) is 1. The summed E-state index contributed by atoms with van der Waals surface area (Å²) < 4.78 is 16.4. The average Bonchev–Trinajstić information content (AvgIpc) is 2.81. The van der Waals surface area contributed by atoms with Gasteiger partial charge in [-0.1, -0.05) is 0 Å². The van der Waals surface area contributed by atoms with E-state index in [9.17, 15) is 24.9 Å². The van der Waals surface area contributed by atoms with Gasteiger partial charge in [0.2, 0.25) is 5.79 Å². The van der Waals surface area contributed by atoms with Crippen molar-refractivity contribution in [2.75, 3.05) is 37.0 Å². The van der Waals surface area contributed by atoms with Gasteiger partial charge in [0, 0.05) is 23.7 Å². The minimum atomic E-state index is -2.43. The first kappa shape index (κ1) is 26.5. The number of benzene rings is 2. The molecule has 0 unspecified atom stereocenters. The van der Waals surface area contributed by atoms with Crippen molar-refractivity contribution in [3.63, 3.8) is 0 Å². The molecule has 0 bridgehead atoms. The Hall–Kier alpha value is -3.54. The van der Waals surface area contributed by atoms with Gasteiger partial charge in [0.15, 0.2) is 12.4 Å². The van der Waals surface area contributed by atoms with Crippen LogP contribution in [0.1, 0.15) is 45.2 Å². The molecular weight excluding hydrogens is 482 g/mol. The summed E-state index contributed by atoms with van der Waals surface area (Å²) >= 11 is 0. The van der Waals surface area contributed by atoms with Gasteiger partial charge in [-0.15, -0.1) is 0 Å². The zero-order valence-electron chi connectivity index (χ0n) is 21.5. The number of anilines is 2. The van der Waals surface area contributed by atoms with Gasteiger partial charge >= 0.3 is 6.09 Å². The molecule has 0 spiro atoms. The number of phenolic OH excluding ortho intramolecular Hbond substituents is 1. The number of aromatic hydroxyl groups is 1. The Balaban J connectivity index is 1.48. The van der Waals surface area contributed by atoms with Gasteiger partial charge in [0.25, 0.3) is 5.91 Å². The number of rotatable bonds is 8. The molecule has 5 N–H and O–H groups in total. The fourth-order valence-corrected chi connectivity index (χ4v) is 4.42. The van der Waals surface area contributed by atoms with E-state index in [2.05, 4.69) is 10.6 Å². The first-order valence-electron chi connectivity index (χ1n) is 11.9. The Morgan fingerprint density at radius 1 is 1.19 bits per heavy atom. The van der Waals surface area contributed by atoms with E-state index in [4.69, 9.17) is 14.2 Å². The number of carbonyl (C=O) groups excluding carboxylic acids is 2.